The third kappa shape index (κ3) is 2.97. The lowest BCUT2D eigenvalue weighted by atomic mass is 10.3. The lowest BCUT2D eigenvalue weighted by Gasteiger charge is -2.00. The number of hydrogen-bond acceptors (Lipinski definition) is 6. The molecule has 2 aromatic heterocycles. The number of rotatable bonds is 3. The Balaban J connectivity index is 2.10. The van der Waals surface area contributed by atoms with Gasteiger partial charge in [0.05, 0.1) is 12.4 Å². The van der Waals surface area contributed by atoms with Crippen molar-refractivity contribution in [2.24, 2.45) is 5.16 Å². The number of aromatic nitrogens is 3. The number of nitrogen functional groups attached to an aromatic ring is 1. The zero-order valence-corrected chi connectivity index (χ0v) is 9.24. The second kappa shape index (κ2) is 5.02. The molecule has 6 heteroatoms. The van der Waals surface area contributed by atoms with E-state index in [2.05, 4.69) is 20.1 Å². The fourth-order valence-electron chi connectivity index (χ4n) is 1.09. The molecule has 0 radical (unpaired) electrons. The molecular weight excluding hydrogens is 218 g/mol. The van der Waals surface area contributed by atoms with Crippen molar-refractivity contribution in [3.8, 4) is 5.88 Å². The van der Waals surface area contributed by atoms with Gasteiger partial charge in [0, 0.05) is 12.3 Å². The number of oxime groups is 1. The van der Waals surface area contributed by atoms with Gasteiger partial charge in [0.1, 0.15) is 17.2 Å². The first-order valence-electron chi connectivity index (χ1n) is 4.96. The molecule has 0 spiro atoms. The van der Waals surface area contributed by atoms with E-state index in [0.29, 0.717) is 23.1 Å². The summed E-state index contributed by atoms with van der Waals surface area (Å²) in [6.45, 7) is 1.77. The van der Waals surface area contributed by atoms with Crippen LogP contribution in [0.1, 0.15) is 12.6 Å². The first-order valence-corrected chi connectivity index (χ1v) is 4.96. The predicted molar refractivity (Wildman–Crippen MR) is 63.5 cm³/mol. The molecule has 0 aliphatic rings. The Labute approximate surface area is 98.2 Å². The fraction of sp³-hybridized carbons (Fsp3) is 0.0909. The van der Waals surface area contributed by atoms with Crippen LogP contribution in [0.4, 0.5) is 5.82 Å². The number of nitrogens with two attached hydrogens (primary N) is 1. The maximum atomic E-state index is 5.44. The van der Waals surface area contributed by atoms with Crippen molar-refractivity contribution in [1.82, 2.24) is 15.0 Å². The van der Waals surface area contributed by atoms with Gasteiger partial charge in [0.2, 0.25) is 5.88 Å². The Kier molecular flexibility index (Phi) is 3.25. The minimum absolute atomic E-state index is 0.368. The topological polar surface area (TPSA) is 86.3 Å². The molecule has 0 atom stereocenters. The van der Waals surface area contributed by atoms with Crippen LogP contribution in [-0.4, -0.2) is 20.7 Å². The minimum Gasteiger partial charge on any atom is -0.382 e. The van der Waals surface area contributed by atoms with Gasteiger partial charge in [-0.25, -0.2) is 15.0 Å². The van der Waals surface area contributed by atoms with Crippen molar-refractivity contribution in [2.45, 2.75) is 6.92 Å². The highest BCUT2D eigenvalue weighted by molar-refractivity contribution is 5.96. The Morgan fingerprint density at radius 3 is 2.76 bits per heavy atom. The Morgan fingerprint density at radius 1 is 1.24 bits per heavy atom. The molecule has 0 saturated carbocycles. The number of nitrogens with zero attached hydrogens (tertiary/aromatic N) is 4. The average Bonchev–Trinajstić information content (AvgIpc) is 2.38. The second-order valence-electron chi connectivity index (χ2n) is 3.26. The lowest BCUT2D eigenvalue weighted by molar-refractivity contribution is 0.327. The molecule has 2 heterocycles. The molecule has 0 fully saturated rings. The number of pyridine rings is 1. The van der Waals surface area contributed by atoms with Crippen LogP contribution in [0.15, 0.2) is 41.9 Å². The molecule has 2 aromatic rings. The Morgan fingerprint density at radius 2 is 2.12 bits per heavy atom. The third-order valence-corrected chi connectivity index (χ3v) is 1.96. The molecule has 0 aliphatic carbocycles. The molecule has 0 saturated heterocycles. The molecule has 6 nitrogen and oxygen atoms in total. The summed E-state index contributed by atoms with van der Waals surface area (Å²) >= 11 is 0. The van der Waals surface area contributed by atoms with Gasteiger partial charge in [-0.2, -0.15) is 0 Å². The molecule has 0 aliphatic heterocycles. The maximum absolute atomic E-state index is 5.44. The molecule has 0 amide bonds. The van der Waals surface area contributed by atoms with E-state index < -0.39 is 0 Å². The smallest absolute Gasteiger partial charge is 0.248 e. The summed E-state index contributed by atoms with van der Waals surface area (Å²) in [7, 11) is 0. The first-order chi connectivity index (χ1) is 8.25. The van der Waals surface area contributed by atoms with Crippen molar-refractivity contribution < 1.29 is 4.84 Å². The van der Waals surface area contributed by atoms with Crippen LogP contribution < -0.4 is 10.6 Å². The van der Waals surface area contributed by atoms with Gasteiger partial charge < -0.3 is 10.6 Å². The fourth-order valence-corrected chi connectivity index (χ4v) is 1.09. The number of anilines is 1. The van der Waals surface area contributed by atoms with E-state index in [4.69, 9.17) is 10.6 Å². The van der Waals surface area contributed by atoms with Crippen molar-refractivity contribution in [3.05, 3.63) is 42.5 Å². The van der Waals surface area contributed by atoms with Crippen molar-refractivity contribution in [2.75, 3.05) is 5.73 Å². The van der Waals surface area contributed by atoms with Crippen LogP contribution in [0.25, 0.3) is 0 Å². The van der Waals surface area contributed by atoms with E-state index in [9.17, 15) is 0 Å². The summed E-state index contributed by atoms with van der Waals surface area (Å²) in [6.07, 6.45) is 4.63. The summed E-state index contributed by atoms with van der Waals surface area (Å²) in [4.78, 5) is 17.1. The lowest BCUT2D eigenvalue weighted by Crippen LogP contribution is -2.03. The first kappa shape index (κ1) is 11.0. The van der Waals surface area contributed by atoms with Crippen LogP contribution in [-0.2, 0) is 0 Å². The SMILES string of the molecule is C/C(=N\Oc1ccccn1)c1cnc(N)cn1. The van der Waals surface area contributed by atoms with E-state index in [1.807, 2.05) is 6.07 Å². The average molecular weight is 229 g/mol. The quantitative estimate of drug-likeness (QED) is 0.632. The minimum atomic E-state index is 0.368. The van der Waals surface area contributed by atoms with Crippen molar-refractivity contribution >= 4 is 11.5 Å². The molecule has 17 heavy (non-hydrogen) atoms. The van der Waals surface area contributed by atoms with Gasteiger partial charge in [0.25, 0.3) is 0 Å². The number of hydrogen-bond donors (Lipinski definition) is 1. The van der Waals surface area contributed by atoms with E-state index in [1.54, 1.807) is 25.3 Å². The van der Waals surface area contributed by atoms with E-state index in [0.717, 1.165) is 0 Å². The van der Waals surface area contributed by atoms with Crippen LogP contribution in [0.3, 0.4) is 0 Å². The van der Waals surface area contributed by atoms with Crippen LogP contribution >= 0.6 is 0 Å². The van der Waals surface area contributed by atoms with E-state index >= 15 is 0 Å². The van der Waals surface area contributed by atoms with Gasteiger partial charge in [-0.15, -0.1) is 0 Å². The third-order valence-electron chi connectivity index (χ3n) is 1.96. The van der Waals surface area contributed by atoms with Gasteiger partial charge in [-0.05, 0) is 13.0 Å². The van der Waals surface area contributed by atoms with Crippen molar-refractivity contribution in [1.29, 1.82) is 0 Å². The maximum Gasteiger partial charge on any atom is 0.248 e. The summed E-state index contributed by atoms with van der Waals surface area (Å²) in [5, 5.41) is 3.91. The van der Waals surface area contributed by atoms with Gasteiger partial charge in [-0.3, -0.25) is 0 Å². The summed E-state index contributed by atoms with van der Waals surface area (Å²) in [5.74, 6) is 0.794. The molecule has 0 bridgehead atoms. The molecule has 0 unspecified atom stereocenters. The standard InChI is InChI=1S/C11H11N5O/c1-8(9-6-15-10(12)7-14-9)16-17-11-4-2-3-5-13-11/h2-7H,1H3,(H2,12,15)/b16-8+. The normalized spacial score (nSPS) is 11.2. The molecule has 2 N–H and O–H groups in total. The highest BCUT2D eigenvalue weighted by atomic mass is 16.6. The van der Waals surface area contributed by atoms with Gasteiger partial charge in [-0.1, -0.05) is 11.2 Å². The van der Waals surface area contributed by atoms with Crippen LogP contribution in [0, 0.1) is 0 Å². The highest BCUT2D eigenvalue weighted by Crippen LogP contribution is 2.05. The Hall–Kier alpha value is -2.50. The monoisotopic (exact) mass is 229 g/mol. The summed E-state index contributed by atoms with van der Waals surface area (Å²) < 4.78 is 0. The van der Waals surface area contributed by atoms with Crippen molar-refractivity contribution in [3.63, 3.8) is 0 Å². The van der Waals surface area contributed by atoms with E-state index in [1.165, 1.54) is 12.4 Å². The highest BCUT2D eigenvalue weighted by Gasteiger charge is 2.01. The van der Waals surface area contributed by atoms with E-state index in [-0.39, 0.29) is 0 Å². The zero-order chi connectivity index (χ0) is 12.1. The zero-order valence-electron chi connectivity index (χ0n) is 9.24. The largest absolute Gasteiger partial charge is 0.382 e. The summed E-state index contributed by atoms with van der Waals surface area (Å²) in [5.41, 5.74) is 6.64. The van der Waals surface area contributed by atoms with Crippen LogP contribution in [0.5, 0.6) is 5.88 Å². The molecular formula is C11H11N5O. The summed E-state index contributed by atoms with van der Waals surface area (Å²) in [6, 6.07) is 5.33. The van der Waals surface area contributed by atoms with Gasteiger partial charge >= 0.3 is 0 Å². The molecule has 86 valence electrons. The Bertz CT molecular complexity index is 509. The van der Waals surface area contributed by atoms with Gasteiger partial charge in [0.15, 0.2) is 0 Å². The predicted octanol–water partition coefficient (Wildman–Crippen LogP) is 1.26. The second-order valence-corrected chi connectivity index (χ2v) is 3.26. The molecule has 2 rings (SSSR count). The van der Waals surface area contributed by atoms with Crippen LogP contribution in [0.2, 0.25) is 0 Å². The molecule has 0 aromatic carbocycles.